The van der Waals surface area contributed by atoms with Crippen molar-refractivity contribution >= 4 is 0 Å². The van der Waals surface area contributed by atoms with Crippen LogP contribution in [-0.4, -0.2) is 37.2 Å². The maximum atomic E-state index is 8.51. The van der Waals surface area contributed by atoms with Crippen molar-refractivity contribution in [3.63, 3.8) is 0 Å². The molecular formula is C11H22N2O. The standard InChI is InChI=1S/C11H22N2O/c1-4-14-10-6-9-13(11(2)3)8-5-7-12/h11H,4-6,8-10H2,1-3H3. The second kappa shape index (κ2) is 8.98. The molecule has 0 amide bonds. The summed E-state index contributed by atoms with van der Waals surface area (Å²) in [5.41, 5.74) is 0. The van der Waals surface area contributed by atoms with E-state index in [4.69, 9.17) is 10.00 Å². The van der Waals surface area contributed by atoms with Crippen LogP contribution in [0.4, 0.5) is 0 Å². The molecule has 0 N–H and O–H groups in total. The average molecular weight is 198 g/mol. The minimum absolute atomic E-state index is 0.518. The Balaban J connectivity index is 3.58. The van der Waals surface area contributed by atoms with Gasteiger partial charge in [-0.1, -0.05) is 0 Å². The van der Waals surface area contributed by atoms with Crippen LogP contribution in [0, 0.1) is 11.3 Å². The maximum Gasteiger partial charge on any atom is 0.0635 e. The number of hydrogen-bond acceptors (Lipinski definition) is 3. The predicted molar refractivity (Wildman–Crippen MR) is 58.0 cm³/mol. The molecule has 0 unspecified atom stereocenters. The number of rotatable bonds is 8. The second-order valence-corrected chi connectivity index (χ2v) is 3.59. The molecule has 0 rings (SSSR count). The lowest BCUT2D eigenvalue weighted by Gasteiger charge is -2.25. The van der Waals surface area contributed by atoms with Gasteiger partial charge in [0.05, 0.1) is 6.07 Å². The molecule has 82 valence electrons. The van der Waals surface area contributed by atoms with Gasteiger partial charge < -0.3 is 4.74 Å². The summed E-state index contributed by atoms with van der Waals surface area (Å²) in [5, 5.41) is 8.51. The van der Waals surface area contributed by atoms with Gasteiger partial charge in [-0.2, -0.15) is 5.26 Å². The quantitative estimate of drug-likeness (QED) is 0.560. The molecule has 3 heteroatoms. The molecule has 0 fully saturated rings. The van der Waals surface area contributed by atoms with Gasteiger partial charge >= 0.3 is 0 Å². The van der Waals surface area contributed by atoms with E-state index in [0.717, 1.165) is 32.7 Å². The predicted octanol–water partition coefficient (Wildman–Crippen LogP) is 2.04. The zero-order chi connectivity index (χ0) is 10.8. The van der Waals surface area contributed by atoms with Gasteiger partial charge in [0, 0.05) is 38.8 Å². The van der Waals surface area contributed by atoms with E-state index >= 15 is 0 Å². The fraction of sp³-hybridized carbons (Fsp3) is 0.909. The molecule has 0 atom stereocenters. The Morgan fingerprint density at radius 2 is 2.07 bits per heavy atom. The molecule has 0 bridgehead atoms. The highest BCUT2D eigenvalue weighted by molar-refractivity contribution is 4.73. The normalized spacial score (nSPS) is 10.9. The lowest BCUT2D eigenvalue weighted by molar-refractivity contribution is 0.125. The van der Waals surface area contributed by atoms with Crippen LogP contribution in [0.5, 0.6) is 0 Å². The topological polar surface area (TPSA) is 36.3 Å². The molecule has 14 heavy (non-hydrogen) atoms. The van der Waals surface area contributed by atoms with Crippen LogP contribution in [0.25, 0.3) is 0 Å². The molecule has 0 aliphatic heterocycles. The summed E-state index contributed by atoms with van der Waals surface area (Å²) in [6.45, 7) is 9.86. The van der Waals surface area contributed by atoms with Crippen LogP contribution >= 0.6 is 0 Å². The van der Waals surface area contributed by atoms with Crippen molar-refractivity contribution in [1.82, 2.24) is 4.90 Å². The Kier molecular flexibility index (Phi) is 8.61. The van der Waals surface area contributed by atoms with E-state index < -0.39 is 0 Å². The molecule has 0 radical (unpaired) electrons. The number of nitrogens with zero attached hydrogens (tertiary/aromatic N) is 2. The molecule has 0 aromatic carbocycles. The Morgan fingerprint density at radius 3 is 2.57 bits per heavy atom. The Bertz CT molecular complexity index is 163. The van der Waals surface area contributed by atoms with Crippen LogP contribution in [0.3, 0.4) is 0 Å². The Morgan fingerprint density at radius 1 is 1.36 bits per heavy atom. The molecule has 0 aromatic rings. The molecule has 0 aliphatic carbocycles. The molecule has 0 aromatic heterocycles. The summed E-state index contributed by atoms with van der Waals surface area (Å²) in [6, 6.07) is 2.70. The van der Waals surface area contributed by atoms with Crippen molar-refractivity contribution in [3.05, 3.63) is 0 Å². The molecule has 0 spiro atoms. The minimum Gasteiger partial charge on any atom is -0.382 e. The maximum absolute atomic E-state index is 8.51. The highest BCUT2D eigenvalue weighted by atomic mass is 16.5. The number of nitriles is 1. The van der Waals surface area contributed by atoms with Crippen molar-refractivity contribution in [2.75, 3.05) is 26.3 Å². The molecule has 0 saturated heterocycles. The summed E-state index contributed by atoms with van der Waals surface area (Å²) < 4.78 is 5.28. The van der Waals surface area contributed by atoms with Gasteiger partial charge in [-0.15, -0.1) is 0 Å². The number of ether oxygens (including phenoxy) is 1. The van der Waals surface area contributed by atoms with Crippen LogP contribution in [0.15, 0.2) is 0 Å². The van der Waals surface area contributed by atoms with E-state index in [0.29, 0.717) is 12.5 Å². The second-order valence-electron chi connectivity index (χ2n) is 3.59. The fourth-order valence-corrected chi connectivity index (χ4v) is 1.34. The van der Waals surface area contributed by atoms with Crippen molar-refractivity contribution in [3.8, 4) is 6.07 Å². The smallest absolute Gasteiger partial charge is 0.0635 e. The first-order valence-electron chi connectivity index (χ1n) is 5.41. The van der Waals surface area contributed by atoms with Crippen molar-refractivity contribution < 1.29 is 4.74 Å². The SMILES string of the molecule is CCOCCCN(CCC#N)C(C)C. The zero-order valence-corrected chi connectivity index (χ0v) is 9.62. The first-order chi connectivity index (χ1) is 6.72. The Hall–Kier alpha value is -0.590. The van der Waals surface area contributed by atoms with Gasteiger partial charge in [0.2, 0.25) is 0 Å². The van der Waals surface area contributed by atoms with E-state index in [1.165, 1.54) is 0 Å². The van der Waals surface area contributed by atoms with Gasteiger partial charge in [-0.3, -0.25) is 4.90 Å². The molecule has 0 saturated carbocycles. The van der Waals surface area contributed by atoms with Crippen LogP contribution < -0.4 is 0 Å². The highest BCUT2D eigenvalue weighted by Crippen LogP contribution is 2.01. The summed E-state index contributed by atoms with van der Waals surface area (Å²) in [4.78, 5) is 2.32. The molecule has 3 nitrogen and oxygen atoms in total. The average Bonchev–Trinajstić information content (AvgIpc) is 2.16. The van der Waals surface area contributed by atoms with Gasteiger partial charge in [0.25, 0.3) is 0 Å². The summed E-state index contributed by atoms with van der Waals surface area (Å²) in [5.74, 6) is 0. The zero-order valence-electron chi connectivity index (χ0n) is 9.62. The highest BCUT2D eigenvalue weighted by Gasteiger charge is 2.07. The lowest BCUT2D eigenvalue weighted by Crippen LogP contribution is -2.33. The van der Waals surface area contributed by atoms with E-state index in [-0.39, 0.29) is 0 Å². The molecular weight excluding hydrogens is 176 g/mol. The largest absolute Gasteiger partial charge is 0.382 e. The Labute approximate surface area is 87.7 Å². The van der Waals surface area contributed by atoms with E-state index in [1.807, 2.05) is 6.92 Å². The molecule has 0 heterocycles. The summed E-state index contributed by atoms with van der Waals surface area (Å²) in [7, 11) is 0. The van der Waals surface area contributed by atoms with Crippen LogP contribution in [0.2, 0.25) is 0 Å². The minimum atomic E-state index is 0.518. The van der Waals surface area contributed by atoms with Gasteiger partial charge in [0.15, 0.2) is 0 Å². The van der Waals surface area contributed by atoms with Crippen molar-refractivity contribution in [2.24, 2.45) is 0 Å². The van der Waals surface area contributed by atoms with Crippen LogP contribution in [-0.2, 0) is 4.74 Å². The van der Waals surface area contributed by atoms with E-state index in [9.17, 15) is 0 Å². The summed E-state index contributed by atoms with van der Waals surface area (Å²) >= 11 is 0. The lowest BCUT2D eigenvalue weighted by atomic mass is 10.2. The van der Waals surface area contributed by atoms with Gasteiger partial charge in [0.1, 0.15) is 0 Å². The van der Waals surface area contributed by atoms with Gasteiger partial charge in [-0.05, 0) is 27.2 Å². The van der Waals surface area contributed by atoms with Crippen molar-refractivity contribution in [2.45, 2.75) is 39.7 Å². The monoisotopic (exact) mass is 198 g/mol. The molecule has 0 aliphatic rings. The van der Waals surface area contributed by atoms with E-state index in [2.05, 4.69) is 24.8 Å². The number of hydrogen-bond donors (Lipinski definition) is 0. The fourth-order valence-electron chi connectivity index (χ4n) is 1.34. The third-order valence-corrected chi connectivity index (χ3v) is 2.18. The van der Waals surface area contributed by atoms with Crippen LogP contribution in [0.1, 0.15) is 33.6 Å². The van der Waals surface area contributed by atoms with Crippen molar-refractivity contribution in [1.29, 1.82) is 5.26 Å². The first-order valence-corrected chi connectivity index (χ1v) is 5.41. The summed E-state index contributed by atoms with van der Waals surface area (Å²) in [6.07, 6.45) is 1.67. The van der Waals surface area contributed by atoms with E-state index in [1.54, 1.807) is 0 Å². The third kappa shape index (κ3) is 6.88. The third-order valence-electron chi connectivity index (χ3n) is 2.18. The van der Waals surface area contributed by atoms with Gasteiger partial charge in [-0.25, -0.2) is 0 Å². The first kappa shape index (κ1) is 13.4.